The fourth-order valence-electron chi connectivity index (χ4n) is 3.96. The SMILES string of the molecule is CC1=C(C)C(C)C2=C1CC(C(C)(C)C)/C=C\C(C(C)(C)C)C2. The second kappa shape index (κ2) is 5.69. The molecule has 2 rings (SSSR count). The van der Waals surface area contributed by atoms with Gasteiger partial charge in [0.1, 0.15) is 0 Å². The van der Waals surface area contributed by atoms with Crippen molar-refractivity contribution in [2.75, 3.05) is 0 Å². The number of allylic oxidation sites excluding steroid dienone is 6. The highest BCUT2D eigenvalue weighted by atomic mass is 14.4. The molecule has 0 N–H and O–H groups in total. The largest absolute Gasteiger partial charge is 0.0843 e. The van der Waals surface area contributed by atoms with Gasteiger partial charge in [0.05, 0.1) is 0 Å². The van der Waals surface area contributed by atoms with Crippen molar-refractivity contribution in [2.24, 2.45) is 28.6 Å². The first kappa shape index (κ1) is 17.6. The molecule has 0 aromatic heterocycles. The Balaban J connectivity index is 2.49. The normalized spacial score (nSPS) is 32.0. The molecule has 0 aromatic rings. The predicted octanol–water partition coefficient (Wildman–Crippen LogP) is 6.94. The molecule has 2 aliphatic carbocycles. The summed E-state index contributed by atoms with van der Waals surface area (Å²) in [5.41, 5.74) is 7.26. The first-order valence-corrected chi connectivity index (χ1v) is 9.01. The zero-order valence-corrected chi connectivity index (χ0v) is 16.3. The fraction of sp³-hybridized carbons (Fsp3) is 0.727. The van der Waals surface area contributed by atoms with E-state index in [0.717, 1.165) is 0 Å². The monoisotopic (exact) mass is 300 g/mol. The van der Waals surface area contributed by atoms with Crippen molar-refractivity contribution in [1.82, 2.24) is 0 Å². The lowest BCUT2D eigenvalue weighted by atomic mass is 9.69. The molecule has 0 bridgehead atoms. The minimum atomic E-state index is 0.328. The molecule has 2 aliphatic rings. The second-order valence-electron chi connectivity index (χ2n) is 9.77. The zero-order chi connectivity index (χ0) is 16.9. The lowest BCUT2D eigenvalue weighted by Gasteiger charge is -2.35. The first-order chi connectivity index (χ1) is 9.93. The van der Waals surface area contributed by atoms with Crippen LogP contribution >= 0.6 is 0 Å². The highest BCUT2D eigenvalue weighted by molar-refractivity contribution is 5.49. The van der Waals surface area contributed by atoms with Gasteiger partial charge in [-0.3, -0.25) is 0 Å². The third-order valence-electron chi connectivity index (χ3n) is 6.27. The number of rotatable bonds is 0. The third kappa shape index (κ3) is 3.26. The van der Waals surface area contributed by atoms with Crippen molar-refractivity contribution >= 4 is 0 Å². The standard InChI is InChI=1S/C22H36/c1-14-15(2)19-12-17(21(4,5)6)10-11-18(22(7,8)9)13-20(19)16(14)3/h10-11,15,17-18H,12-13H2,1-9H3/b11-10-. The smallest absolute Gasteiger partial charge is 0.00122 e. The van der Waals surface area contributed by atoms with Crippen LogP contribution in [0.3, 0.4) is 0 Å². The summed E-state index contributed by atoms with van der Waals surface area (Å²) in [6.07, 6.45) is 7.53. The molecule has 0 heterocycles. The molecule has 0 saturated heterocycles. The van der Waals surface area contributed by atoms with E-state index in [2.05, 4.69) is 74.5 Å². The van der Waals surface area contributed by atoms with E-state index >= 15 is 0 Å². The highest BCUT2D eigenvalue weighted by Gasteiger charge is 2.35. The molecule has 3 atom stereocenters. The van der Waals surface area contributed by atoms with E-state index in [1.807, 2.05) is 0 Å². The van der Waals surface area contributed by atoms with E-state index in [1.165, 1.54) is 12.8 Å². The maximum atomic E-state index is 2.54. The Bertz CT molecular complexity index is 525. The average molecular weight is 301 g/mol. The van der Waals surface area contributed by atoms with Crippen LogP contribution in [0.15, 0.2) is 34.4 Å². The molecule has 0 aliphatic heterocycles. The first-order valence-electron chi connectivity index (χ1n) is 9.01. The summed E-state index contributed by atoms with van der Waals surface area (Å²) < 4.78 is 0. The topological polar surface area (TPSA) is 0 Å². The van der Waals surface area contributed by atoms with Gasteiger partial charge in [0.25, 0.3) is 0 Å². The highest BCUT2D eigenvalue weighted by Crippen LogP contribution is 2.48. The van der Waals surface area contributed by atoms with Crippen LogP contribution in [-0.4, -0.2) is 0 Å². The van der Waals surface area contributed by atoms with Crippen molar-refractivity contribution in [3.05, 3.63) is 34.4 Å². The molecule has 0 fully saturated rings. The summed E-state index contributed by atoms with van der Waals surface area (Å²) in [5, 5.41) is 0. The Kier molecular flexibility index (Phi) is 4.55. The summed E-state index contributed by atoms with van der Waals surface area (Å²) in [6, 6.07) is 0. The maximum absolute atomic E-state index is 2.54. The Morgan fingerprint density at radius 3 is 1.73 bits per heavy atom. The van der Waals surface area contributed by atoms with E-state index in [4.69, 9.17) is 0 Å². The van der Waals surface area contributed by atoms with Gasteiger partial charge in [-0.1, -0.05) is 71.8 Å². The van der Waals surface area contributed by atoms with Gasteiger partial charge in [0, 0.05) is 0 Å². The predicted molar refractivity (Wildman–Crippen MR) is 98.8 cm³/mol. The van der Waals surface area contributed by atoms with Gasteiger partial charge in [0.15, 0.2) is 0 Å². The maximum Gasteiger partial charge on any atom is -0.00122 e. The van der Waals surface area contributed by atoms with E-state index < -0.39 is 0 Å². The van der Waals surface area contributed by atoms with Crippen LogP contribution in [0.5, 0.6) is 0 Å². The Hall–Kier alpha value is -0.780. The van der Waals surface area contributed by atoms with Crippen LogP contribution in [0.1, 0.15) is 75.2 Å². The molecule has 0 aromatic carbocycles. The molecule has 22 heavy (non-hydrogen) atoms. The minimum absolute atomic E-state index is 0.328. The molecule has 0 spiro atoms. The molecule has 0 saturated carbocycles. The fourth-order valence-corrected chi connectivity index (χ4v) is 3.96. The average Bonchev–Trinajstić information content (AvgIpc) is 2.50. The minimum Gasteiger partial charge on any atom is -0.0843 e. The third-order valence-corrected chi connectivity index (χ3v) is 6.27. The Morgan fingerprint density at radius 1 is 0.818 bits per heavy atom. The summed E-state index contributed by atoms with van der Waals surface area (Å²) in [4.78, 5) is 0. The van der Waals surface area contributed by atoms with Crippen LogP contribution in [0.4, 0.5) is 0 Å². The second-order valence-corrected chi connectivity index (χ2v) is 9.77. The van der Waals surface area contributed by atoms with Gasteiger partial charge in [-0.2, -0.15) is 0 Å². The molecular formula is C22H36. The van der Waals surface area contributed by atoms with Crippen molar-refractivity contribution in [3.8, 4) is 0 Å². The van der Waals surface area contributed by atoms with Crippen molar-refractivity contribution in [1.29, 1.82) is 0 Å². The number of hydrogen-bond acceptors (Lipinski definition) is 0. The zero-order valence-electron chi connectivity index (χ0n) is 16.3. The summed E-state index contributed by atoms with van der Waals surface area (Å²) in [5.74, 6) is 1.92. The lowest BCUT2D eigenvalue weighted by molar-refractivity contribution is 0.265. The summed E-state index contributed by atoms with van der Waals surface area (Å²) in [7, 11) is 0. The van der Waals surface area contributed by atoms with E-state index in [-0.39, 0.29) is 0 Å². The van der Waals surface area contributed by atoms with Gasteiger partial charge in [-0.25, -0.2) is 0 Å². The summed E-state index contributed by atoms with van der Waals surface area (Å²) >= 11 is 0. The van der Waals surface area contributed by atoms with E-state index in [1.54, 1.807) is 22.3 Å². The van der Waals surface area contributed by atoms with Crippen LogP contribution in [-0.2, 0) is 0 Å². The molecule has 0 nitrogen and oxygen atoms in total. The molecule has 3 unspecified atom stereocenters. The van der Waals surface area contributed by atoms with Crippen molar-refractivity contribution in [3.63, 3.8) is 0 Å². The van der Waals surface area contributed by atoms with Gasteiger partial charge in [-0.05, 0) is 66.4 Å². The quantitative estimate of drug-likeness (QED) is 0.425. The molecular weight excluding hydrogens is 264 g/mol. The van der Waals surface area contributed by atoms with Gasteiger partial charge < -0.3 is 0 Å². The summed E-state index contributed by atoms with van der Waals surface area (Å²) in [6.45, 7) is 21.5. The van der Waals surface area contributed by atoms with Gasteiger partial charge >= 0.3 is 0 Å². The molecule has 0 radical (unpaired) electrons. The molecule has 0 heteroatoms. The van der Waals surface area contributed by atoms with Crippen LogP contribution in [0.25, 0.3) is 0 Å². The Morgan fingerprint density at radius 2 is 1.27 bits per heavy atom. The van der Waals surface area contributed by atoms with Crippen LogP contribution < -0.4 is 0 Å². The molecule has 0 amide bonds. The Labute approximate surface area is 138 Å². The lowest BCUT2D eigenvalue weighted by Crippen LogP contribution is -2.25. The number of hydrogen-bond donors (Lipinski definition) is 0. The van der Waals surface area contributed by atoms with Crippen LogP contribution in [0, 0.1) is 28.6 Å². The van der Waals surface area contributed by atoms with Gasteiger partial charge in [-0.15, -0.1) is 0 Å². The van der Waals surface area contributed by atoms with Gasteiger partial charge in [0.2, 0.25) is 0 Å². The van der Waals surface area contributed by atoms with E-state index in [0.29, 0.717) is 28.6 Å². The van der Waals surface area contributed by atoms with Crippen molar-refractivity contribution in [2.45, 2.75) is 75.2 Å². The molecule has 124 valence electrons. The van der Waals surface area contributed by atoms with E-state index in [9.17, 15) is 0 Å². The van der Waals surface area contributed by atoms with Crippen LogP contribution in [0.2, 0.25) is 0 Å². The van der Waals surface area contributed by atoms with Crippen molar-refractivity contribution < 1.29 is 0 Å².